The predicted octanol–water partition coefficient (Wildman–Crippen LogP) is 5.97. The minimum atomic E-state index is -0.336. The van der Waals surface area contributed by atoms with Gasteiger partial charge in [0.25, 0.3) is 5.91 Å². The first-order valence-electron chi connectivity index (χ1n) is 13.3. The van der Waals surface area contributed by atoms with Gasteiger partial charge in [-0.25, -0.2) is 4.39 Å². The molecule has 4 aromatic rings. The number of amides is 2. The van der Waals surface area contributed by atoms with Crippen LogP contribution in [0.1, 0.15) is 22.3 Å². The van der Waals surface area contributed by atoms with Crippen LogP contribution in [0, 0.1) is 5.82 Å². The summed E-state index contributed by atoms with van der Waals surface area (Å²) in [5, 5.41) is 9.38. The first kappa shape index (κ1) is 28.5. The lowest BCUT2D eigenvalue weighted by atomic mass is 10.1. The number of aromatic nitrogens is 2. The zero-order valence-electron chi connectivity index (χ0n) is 22.2. The summed E-state index contributed by atoms with van der Waals surface area (Å²) in [6.07, 6.45) is 0.739. The zero-order chi connectivity index (χ0) is 28.8. The first-order chi connectivity index (χ1) is 19.9. The van der Waals surface area contributed by atoms with Gasteiger partial charge in [0.1, 0.15) is 12.4 Å². The molecule has 0 bridgehead atoms. The first-order valence-corrected chi connectivity index (χ1v) is 14.0. The predicted molar refractivity (Wildman–Crippen MR) is 158 cm³/mol. The smallest absolute Gasteiger partial charge is 0.256 e. The van der Waals surface area contributed by atoms with Gasteiger partial charge in [-0.05, 0) is 66.6 Å². The lowest BCUT2D eigenvalue weighted by Gasteiger charge is -2.27. The van der Waals surface area contributed by atoms with Crippen molar-refractivity contribution in [2.75, 3.05) is 37.6 Å². The Morgan fingerprint density at radius 3 is 2.34 bits per heavy atom. The Labute approximate surface area is 248 Å². The number of carbonyl (C=O) groups is 2. The molecule has 41 heavy (non-hydrogen) atoms. The van der Waals surface area contributed by atoms with E-state index in [4.69, 9.17) is 23.2 Å². The Morgan fingerprint density at radius 1 is 0.854 bits per heavy atom. The van der Waals surface area contributed by atoms with Crippen molar-refractivity contribution in [2.45, 2.75) is 13.0 Å². The molecule has 0 aliphatic carbocycles. The highest BCUT2D eigenvalue weighted by Crippen LogP contribution is 2.24. The van der Waals surface area contributed by atoms with E-state index in [1.54, 1.807) is 29.2 Å². The molecule has 3 aromatic carbocycles. The molecule has 0 N–H and O–H groups in total. The lowest BCUT2D eigenvalue weighted by molar-refractivity contribution is -0.131. The van der Waals surface area contributed by atoms with Gasteiger partial charge < -0.3 is 14.7 Å². The maximum atomic E-state index is 13.5. The molecule has 0 unspecified atom stereocenters. The van der Waals surface area contributed by atoms with E-state index in [2.05, 4.69) is 15.1 Å². The third-order valence-electron chi connectivity index (χ3n) is 6.95. The summed E-state index contributed by atoms with van der Waals surface area (Å²) in [5.41, 5.74) is 2.64. The van der Waals surface area contributed by atoms with E-state index >= 15 is 0 Å². The molecule has 5 rings (SSSR count). The largest absolute Gasteiger partial charge is 0.353 e. The second-order valence-electron chi connectivity index (χ2n) is 9.78. The van der Waals surface area contributed by atoms with Crippen molar-refractivity contribution in [1.82, 2.24) is 20.0 Å². The number of hydrogen-bond acceptors (Lipinski definition) is 5. The second kappa shape index (κ2) is 13.1. The van der Waals surface area contributed by atoms with Crippen LogP contribution >= 0.6 is 23.2 Å². The Kier molecular flexibility index (Phi) is 9.11. The zero-order valence-corrected chi connectivity index (χ0v) is 23.7. The van der Waals surface area contributed by atoms with E-state index in [0.717, 1.165) is 17.5 Å². The van der Waals surface area contributed by atoms with E-state index in [1.807, 2.05) is 42.5 Å². The van der Waals surface area contributed by atoms with Gasteiger partial charge in [0.05, 0.1) is 16.3 Å². The van der Waals surface area contributed by atoms with Crippen molar-refractivity contribution >= 4 is 40.8 Å². The molecule has 1 aliphatic heterocycles. The van der Waals surface area contributed by atoms with Crippen LogP contribution in [0.3, 0.4) is 0 Å². The van der Waals surface area contributed by atoms with Gasteiger partial charge in [-0.15, -0.1) is 10.2 Å². The van der Waals surface area contributed by atoms with Gasteiger partial charge in [0, 0.05) is 43.3 Å². The standard InChI is InChI=1S/C31H28Cl2FN5O2/c32-24-9-12-26(27(33)19-24)31(41)39(20-22-5-2-1-3-6-22)21-30(40)38-16-4-15-37(17-18-38)29-14-13-28(35-36-29)23-7-10-25(34)11-8-23/h1-3,5-14,19H,4,15-18,20-21H2. The molecule has 0 radical (unpaired) electrons. The number of nitrogens with zero attached hydrogens (tertiary/aromatic N) is 5. The van der Waals surface area contributed by atoms with Crippen LogP contribution in [0.5, 0.6) is 0 Å². The minimum absolute atomic E-state index is 0.0845. The van der Waals surface area contributed by atoms with Crippen molar-refractivity contribution in [2.24, 2.45) is 0 Å². The fraction of sp³-hybridized carbons (Fsp3) is 0.226. The molecule has 2 amide bonds. The molecule has 1 aromatic heterocycles. The summed E-state index contributed by atoms with van der Waals surface area (Å²) in [6, 6.07) is 24.1. The van der Waals surface area contributed by atoms with Gasteiger partial charge >= 0.3 is 0 Å². The summed E-state index contributed by atoms with van der Waals surface area (Å²) < 4.78 is 13.3. The highest BCUT2D eigenvalue weighted by molar-refractivity contribution is 6.36. The van der Waals surface area contributed by atoms with Crippen molar-refractivity contribution in [3.8, 4) is 11.3 Å². The van der Waals surface area contributed by atoms with Crippen LogP contribution in [-0.4, -0.2) is 64.5 Å². The summed E-state index contributed by atoms with van der Waals surface area (Å²) in [6.45, 7) is 2.51. The number of anilines is 1. The molecule has 1 saturated heterocycles. The molecule has 2 heterocycles. The van der Waals surface area contributed by atoms with E-state index < -0.39 is 0 Å². The van der Waals surface area contributed by atoms with Crippen LogP contribution in [0.15, 0.2) is 84.9 Å². The maximum Gasteiger partial charge on any atom is 0.256 e. The molecular weight excluding hydrogens is 564 g/mol. The summed E-state index contributed by atoms with van der Waals surface area (Å²) in [5.74, 6) is -0.0671. The highest BCUT2D eigenvalue weighted by atomic mass is 35.5. The molecular formula is C31H28Cl2FN5O2. The third-order valence-corrected chi connectivity index (χ3v) is 7.50. The summed E-state index contributed by atoms with van der Waals surface area (Å²) >= 11 is 12.4. The van der Waals surface area contributed by atoms with Crippen LogP contribution in [0.2, 0.25) is 10.0 Å². The maximum absolute atomic E-state index is 13.5. The molecule has 10 heteroatoms. The van der Waals surface area contributed by atoms with E-state index in [-0.39, 0.29) is 35.7 Å². The third kappa shape index (κ3) is 7.20. The molecule has 1 fully saturated rings. The Hall–Kier alpha value is -4.01. The fourth-order valence-electron chi connectivity index (χ4n) is 4.76. The molecule has 0 spiro atoms. The SMILES string of the molecule is O=C(CN(Cc1ccccc1)C(=O)c1ccc(Cl)cc1Cl)N1CCCN(c2ccc(-c3ccc(F)cc3)nn2)CC1. The number of hydrogen-bond donors (Lipinski definition) is 0. The quantitative estimate of drug-likeness (QED) is 0.265. The van der Waals surface area contributed by atoms with Crippen LogP contribution in [0.25, 0.3) is 11.3 Å². The Morgan fingerprint density at radius 2 is 1.63 bits per heavy atom. The van der Waals surface area contributed by atoms with Crippen molar-refractivity contribution in [1.29, 1.82) is 0 Å². The minimum Gasteiger partial charge on any atom is -0.353 e. The van der Waals surface area contributed by atoms with Crippen molar-refractivity contribution in [3.05, 3.63) is 112 Å². The van der Waals surface area contributed by atoms with Gasteiger partial charge in [-0.1, -0.05) is 53.5 Å². The van der Waals surface area contributed by atoms with Gasteiger partial charge in [-0.2, -0.15) is 0 Å². The Balaban J connectivity index is 1.26. The summed E-state index contributed by atoms with van der Waals surface area (Å²) in [7, 11) is 0. The number of benzene rings is 3. The van der Waals surface area contributed by atoms with E-state index in [1.165, 1.54) is 23.1 Å². The number of carbonyl (C=O) groups excluding carboxylic acids is 2. The molecule has 1 aliphatic rings. The van der Waals surface area contributed by atoms with Crippen LogP contribution in [0.4, 0.5) is 10.2 Å². The monoisotopic (exact) mass is 591 g/mol. The molecule has 7 nitrogen and oxygen atoms in total. The molecule has 210 valence electrons. The highest BCUT2D eigenvalue weighted by Gasteiger charge is 2.26. The lowest BCUT2D eigenvalue weighted by Crippen LogP contribution is -2.44. The van der Waals surface area contributed by atoms with E-state index in [9.17, 15) is 14.0 Å². The Bertz CT molecular complexity index is 1500. The number of halogens is 3. The normalized spacial score (nSPS) is 13.5. The summed E-state index contributed by atoms with van der Waals surface area (Å²) in [4.78, 5) is 32.4. The molecule has 0 atom stereocenters. The van der Waals surface area contributed by atoms with Crippen molar-refractivity contribution < 1.29 is 14.0 Å². The average Bonchev–Trinajstić information content (AvgIpc) is 3.24. The van der Waals surface area contributed by atoms with Crippen LogP contribution in [-0.2, 0) is 11.3 Å². The van der Waals surface area contributed by atoms with E-state index in [0.29, 0.717) is 48.3 Å². The fourth-order valence-corrected chi connectivity index (χ4v) is 5.25. The van der Waals surface area contributed by atoms with Crippen molar-refractivity contribution in [3.63, 3.8) is 0 Å². The topological polar surface area (TPSA) is 69.6 Å². The molecule has 0 saturated carbocycles. The van der Waals surface area contributed by atoms with Crippen LogP contribution < -0.4 is 4.90 Å². The van der Waals surface area contributed by atoms with Gasteiger partial charge in [-0.3, -0.25) is 9.59 Å². The van der Waals surface area contributed by atoms with Gasteiger partial charge in [0.2, 0.25) is 5.91 Å². The number of rotatable bonds is 7. The second-order valence-corrected chi connectivity index (χ2v) is 10.6. The average molecular weight is 593 g/mol. The van der Waals surface area contributed by atoms with Gasteiger partial charge in [0.15, 0.2) is 5.82 Å².